The van der Waals surface area contributed by atoms with Crippen molar-refractivity contribution in [2.75, 3.05) is 13.1 Å². The highest BCUT2D eigenvalue weighted by molar-refractivity contribution is 5.75. The van der Waals surface area contributed by atoms with Crippen molar-refractivity contribution in [1.82, 2.24) is 10.2 Å². The molecule has 1 unspecified atom stereocenters. The Morgan fingerprint density at radius 2 is 1.71 bits per heavy atom. The van der Waals surface area contributed by atoms with Gasteiger partial charge in [0.1, 0.15) is 5.82 Å². The maximum absolute atomic E-state index is 14.5. The number of rotatable bonds is 5. The Labute approximate surface area is 179 Å². The van der Waals surface area contributed by atoms with Crippen LogP contribution >= 0.6 is 0 Å². The molecular weight excluding hydrogens is 412 g/mol. The van der Waals surface area contributed by atoms with Crippen LogP contribution in [-0.2, 0) is 17.3 Å². The largest absolute Gasteiger partial charge is 0.416 e. The van der Waals surface area contributed by atoms with Gasteiger partial charge in [-0.25, -0.2) is 9.18 Å². The number of carbonyl (C=O) groups excluding carboxylic acids is 1. The number of nitrogens with one attached hydrogen (secondary N) is 1. The molecule has 2 aromatic carbocycles. The second-order valence-electron chi connectivity index (χ2n) is 8.71. The minimum Gasteiger partial charge on any atom is -0.366 e. The highest BCUT2D eigenvalue weighted by Gasteiger charge is 2.37. The fourth-order valence-corrected chi connectivity index (χ4v) is 3.46. The molecule has 1 aliphatic rings. The van der Waals surface area contributed by atoms with E-state index < -0.39 is 29.8 Å². The highest BCUT2D eigenvalue weighted by Crippen LogP contribution is 2.36. The number of carbonyl (C=O) groups is 1. The minimum atomic E-state index is -4.52. The Morgan fingerprint density at radius 3 is 2.32 bits per heavy atom. The molecule has 0 bridgehead atoms. The van der Waals surface area contributed by atoms with Gasteiger partial charge in [0.2, 0.25) is 0 Å². The molecule has 2 amide bonds. The van der Waals surface area contributed by atoms with Crippen LogP contribution in [0.2, 0.25) is 0 Å². The number of benzene rings is 2. The van der Waals surface area contributed by atoms with Crippen molar-refractivity contribution >= 4 is 6.03 Å². The molecule has 3 rings (SSSR count). The molecule has 8 heteroatoms. The summed E-state index contributed by atoms with van der Waals surface area (Å²) in [6.07, 6.45) is -5.97. The van der Waals surface area contributed by atoms with Gasteiger partial charge in [0.15, 0.2) is 0 Å². The Hall–Kier alpha value is -2.61. The number of urea groups is 1. The van der Waals surface area contributed by atoms with E-state index in [0.717, 1.165) is 6.07 Å². The van der Waals surface area contributed by atoms with Gasteiger partial charge in [-0.1, -0.05) is 36.4 Å². The van der Waals surface area contributed by atoms with Gasteiger partial charge in [0, 0.05) is 17.5 Å². The van der Waals surface area contributed by atoms with Crippen molar-refractivity contribution in [2.45, 2.75) is 51.1 Å². The predicted octanol–water partition coefficient (Wildman–Crippen LogP) is 5.34. The SMILES string of the molecule is CC(C)(C)NC(=O)N1CC(OC(Cc2ccccc2C(F)(F)F)c2ccccc2F)C1. The normalized spacial score (nSPS) is 16.0. The van der Waals surface area contributed by atoms with Crippen LogP contribution in [0.3, 0.4) is 0 Å². The molecule has 1 aliphatic heterocycles. The molecule has 0 spiro atoms. The summed E-state index contributed by atoms with van der Waals surface area (Å²) in [6, 6.07) is 10.9. The Bertz CT molecular complexity index is 918. The molecule has 1 heterocycles. The van der Waals surface area contributed by atoms with Crippen LogP contribution in [0.25, 0.3) is 0 Å². The van der Waals surface area contributed by atoms with E-state index >= 15 is 0 Å². The van der Waals surface area contributed by atoms with Gasteiger partial charge >= 0.3 is 12.2 Å². The Morgan fingerprint density at radius 1 is 1.10 bits per heavy atom. The molecule has 1 fully saturated rings. The molecule has 0 aromatic heterocycles. The molecule has 0 aliphatic carbocycles. The first-order valence-corrected chi connectivity index (χ1v) is 10.1. The van der Waals surface area contributed by atoms with E-state index in [1.54, 1.807) is 11.0 Å². The third kappa shape index (κ3) is 5.97. The fraction of sp³-hybridized carbons (Fsp3) is 0.435. The molecule has 1 atom stereocenters. The van der Waals surface area contributed by atoms with Crippen LogP contribution in [0.1, 0.15) is 43.6 Å². The van der Waals surface area contributed by atoms with E-state index in [4.69, 9.17) is 4.74 Å². The van der Waals surface area contributed by atoms with Crippen molar-refractivity contribution < 1.29 is 27.1 Å². The van der Waals surface area contributed by atoms with E-state index in [1.165, 1.54) is 36.4 Å². The van der Waals surface area contributed by atoms with E-state index in [1.807, 2.05) is 20.8 Å². The summed E-state index contributed by atoms with van der Waals surface area (Å²) in [5.74, 6) is -0.543. The summed E-state index contributed by atoms with van der Waals surface area (Å²) in [4.78, 5) is 13.8. The highest BCUT2D eigenvalue weighted by atomic mass is 19.4. The van der Waals surface area contributed by atoms with Crippen molar-refractivity contribution in [3.05, 3.63) is 71.0 Å². The summed E-state index contributed by atoms with van der Waals surface area (Å²) in [7, 11) is 0. The summed E-state index contributed by atoms with van der Waals surface area (Å²) in [6.45, 7) is 6.17. The average molecular weight is 438 g/mol. The van der Waals surface area contributed by atoms with E-state index in [9.17, 15) is 22.4 Å². The zero-order valence-electron chi connectivity index (χ0n) is 17.7. The predicted molar refractivity (Wildman–Crippen MR) is 109 cm³/mol. The lowest BCUT2D eigenvalue weighted by molar-refractivity contribution is -0.138. The number of likely N-dealkylation sites (tertiary alicyclic amines) is 1. The lowest BCUT2D eigenvalue weighted by Crippen LogP contribution is -2.60. The molecule has 1 N–H and O–H groups in total. The second kappa shape index (κ2) is 8.86. The summed E-state index contributed by atoms with van der Waals surface area (Å²) in [5.41, 5.74) is -0.929. The quantitative estimate of drug-likeness (QED) is 0.641. The van der Waals surface area contributed by atoms with Crippen LogP contribution in [0, 0.1) is 5.82 Å². The lowest BCUT2D eigenvalue weighted by atomic mass is 9.96. The van der Waals surface area contributed by atoms with Crippen molar-refractivity contribution in [1.29, 1.82) is 0 Å². The Kier molecular flexibility index (Phi) is 6.59. The van der Waals surface area contributed by atoms with E-state index in [-0.39, 0.29) is 42.2 Å². The standard InChI is InChI=1S/C23H26F4N2O2/c1-22(2,3)28-21(30)29-13-16(14-29)31-20(17-9-5-7-11-19(17)24)12-15-8-4-6-10-18(15)23(25,26)27/h4-11,16,20H,12-14H2,1-3H3,(H,28,30). The zero-order chi connectivity index (χ0) is 22.8. The molecule has 4 nitrogen and oxygen atoms in total. The van der Waals surface area contributed by atoms with Crippen molar-refractivity contribution in [3.63, 3.8) is 0 Å². The van der Waals surface area contributed by atoms with Crippen molar-refractivity contribution in [3.8, 4) is 0 Å². The maximum atomic E-state index is 14.5. The number of nitrogens with zero attached hydrogens (tertiary/aromatic N) is 1. The molecule has 0 radical (unpaired) electrons. The second-order valence-corrected chi connectivity index (χ2v) is 8.71. The molecular formula is C23H26F4N2O2. The zero-order valence-corrected chi connectivity index (χ0v) is 17.7. The number of hydrogen-bond donors (Lipinski definition) is 1. The summed E-state index contributed by atoms with van der Waals surface area (Å²) < 4.78 is 60.8. The molecule has 2 aromatic rings. The molecule has 168 valence electrons. The summed E-state index contributed by atoms with van der Waals surface area (Å²) >= 11 is 0. The fourth-order valence-electron chi connectivity index (χ4n) is 3.46. The summed E-state index contributed by atoms with van der Waals surface area (Å²) in [5, 5.41) is 2.85. The minimum absolute atomic E-state index is 0.0323. The topological polar surface area (TPSA) is 41.6 Å². The van der Waals surface area contributed by atoms with Crippen LogP contribution in [0.15, 0.2) is 48.5 Å². The monoisotopic (exact) mass is 438 g/mol. The Balaban J connectivity index is 1.76. The van der Waals surface area contributed by atoms with Gasteiger partial charge in [-0.05, 0) is 38.5 Å². The number of amides is 2. The van der Waals surface area contributed by atoms with Crippen LogP contribution in [0.5, 0.6) is 0 Å². The third-order valence-electron chi connectivity index (χ3n) is 4.95. The van der Waals surface area contributed by atoms with Crippen molar-refractivity contribution in [2.24, 2.45) is 0 Å². The first-order chi connectivity index (χ1) is 14.4. The van der Waals surface area contributed by atoms with Gasteiger partial charge in [-0.15, -0.1) is 0 Å². The van der Waals surface area contributed by atoms with Gasteiger partial charge in [-0.3, -0.25) is 0 Å². The van der Waals surface area contributed by atoms with Gasteiger partial charge in [0.25, 0.3) is 0 Å². The van der Waals surface area contributed by atoms with E-state index in [2.05, 4.69) is 5.32 Å². The first-order valence-electron chi connectivity index (χ1n) is 10.1. The number of halogens is 4. The lowest BCUT2D eigenvalue weighted by Gasteiger charge is -2.42. The number of hydrogen-bond acceptors (Lipinski definition) is 2. The van der Waals surface area contributed by atoms with Gasteiger partial charge < -0.3 is 15.0 Å². The molecule has 31 heavy (non-hydrogen) atoms. The van der Waals surface area contributed by atoms with Gasteiger partial charge in [-0.2, -0.15) is 13.2 Å². The number of alkyl halides is 3. The van der Waals surface area contributed by atoms with Crippen LogP contribution in [-0.4, -0.2) is 35.7 Å². The van der Waals surface area contributed by atoms with Gasteiger partial charge in [0.05, 0.1) is 30.9 Å². The average Bonchev–Trinajstić information content (AvgIpc) is 2.62. The van der Waals surface area contributed by atoms with Crippen LogP contribution in [0.4, 0.5) is 22.4 Å². The smallest absolute Gasteiger partial charge is 0.366 e. The maximum Gasteiger partial charge on any atom is 0.416 e. The van der Waals surface area contributed by atoms with Crippen LogP contribution < -0.4 is 5.32 Å². The third-order valence-corrected chi connectivity index (χ3v) is 4.95. The first kappa shape index (κ1) is 23.1. The van der Waals surface area contributed by atoms with E-state index in [0.29, 0.717) is 0 Å². The molecule has 1 saturated heterocycles. The molecule has 0 saturated carbocycles. The number of ether oxygens (including phenoxy) is 1.